The molecule has 0 radical (unpaired) electrons. The van der Waals surface area contributed by atoms with E-state index in [-0.39, 0.29) is 22.1 Å². The summed E-state index contributed by atoms with van der Waals surface area (Å²) in [7, 11) is -4.03. The molecular weight excluding hydrogens is 452 g/mol. The van der Waals surface area contributed by atoms with Gasteiger partial charge in [0.25, 0.3) is 15.9 Å². The van der Waals surface area contributed by atoms with Crippen LogP contribution in [-0.2, 0) is 14.8 Å². The molecule has 0 heterocycles. The number of carbonyl (C=O) groups excluding carboxylic acids is 2. The van der Waals surface area contributed by atoms with Crippen LogP contribution >= 0.6 is 11.6 Å². The third-order valence-electron chi connectivity index (χ3n) is 4.53. The molecule has 3 aromatic rings. The van der Waals surface area contributed by atoms with Gasteiger partial charge >= 0.3 is 5.97 Å². The normalized spacial score (nSPS) is 11.0. The lowest BCUT2D eigenvalue weighted by Gasteiger charge is -2.13. The Bertz CT molecular complexity index is 1260. The number of hydrogen-bond acceptors (Lipinski definition) is 5. The maximum atomic E-state index is 12.9. The average molecular weight is 473 g/mol. The van der Waals surface area contributed by atoms with Crippen LogP contribution in [0.25, 0.3) is 0 Å². The summed E-state index contributed by atoms with van der Waals surface area (Å²) in [6.07, 6.45) is 0. The Morgan fingerprint density at radius 3 is 2.28 bits per heavy atom. The highest BCUT2D eigenvalue weighted by Gasteiger charge is 2.21. The van der Waals surface area contributed by atoms with Gasteiger partial charge in [0.2, 0.25) is 0 Å². The van der Waals surface area contributed by atoms with Crippen LogP contribution in [0, 0.1) is 6.92 Å². The number of rotatable bonds is 7. The number of halogens is 1. The first-order chi connectivity index (χ1) is 15.2. The second-order valence-electron chi connectivity index (χ2n) is 6.82. The smallest absolute Gasteiger partial charge is 0.338 e. The van der Waals surface area contributed by atoms with Gasteiger partial charge in [-0.2, -0.15) is 0 Å². The number of amides is 1. The lowest BCUT2D eigenvalue weighted by atomic mass is 10.2. The molecule has 0 spiro atoms. The van der Waals surface area contributed by atoms with Gasteiger partial charge in [0, 0.05) is 11.3 Å². The molecule has 0 fully saturated rings. The van der Waals surface area contributed by atoms with Crippen molar-refractivity contribution in [3.05, 3.63) is 88.4 Å². The van der Waals surface area contributed by atoms with Crippen LogP contribution in [0.3, 0.4) is 0 Å². The molecule has 1 amide bonds. The molecule has 0 aromatic heterocycles. The van der Waals surface area contributed by atoms with E-state index in [0.29, 0.717) is 16.9 Å². The highest BCUT2D eigenvalue weighted by Crippen LogP contribution is 2.26. The van der Waals surface area contributed by atoms with E-state index in [4.69, 9.17) is 16.3 Å². The van der Waals surface area contributed by atoms with Crippen molar-refractivity contribution >= 4 is 44.9 Å². The van der Waals surface area contributed by atoms with Crippen LogP contribution in [0.5, 0.6) is 0 Å². The van der Waals surface area contributed by atoms with Crippen LogP contribution in [-0.4, -0.2) is 26.9 Å². The van der Waals surface area contributed by atoms with Crippen molar-refractivity contribution in [2.24, 2.45) is 0 Å². The van der Waals surface area contributed by atoms with Gasteiger partial charge in [-0.15, -0.1) is 0 Å². The van der Waals surface area contributed by atoms with Crippen LogP contribution in [0.15, 0.2) is 71.6 Å². The van der Waals surface area contributed by atoms with Gasteiger partial charge in [0.1, 0.15) is 4.90 Å². The molecule has 0 bridgehead atoms. The first-order valence-corrected chi connectivity index (χ1v) is 11.5. The number of nitrogens with one attached hydrogen (secondary N) is 2. The molecule has 0 unspecified atom stereocenters. The van der Waals surface area contributed by atoms with E-state index in [0.717, 1.165) is 5.56 Å². The Kier molecular flexibility index (Phi) is 7.17. The maximum absolute atomic E-state index is 12.9. The van der Waals surface area contributed by atoms with Crippen molar-refractivity contribution in [2.45, 2.75) is 18.7 Å². The lowest BCUT2D eigenvalue weighted by molar-refractivity contribution is 0.0526. The summed E-state index contributed by atoms with van der Waals surface area (Å²) in [5, 5.41) is 2.65. The average Bonchev–Trinajstić information content (AvgIpc) is 2.76. The number of para-hydroxylation sites is 1. The van der Waals surface area contributed by atoms with E-state index in [2.05, 4.69) is 10.0 Å². The number of benzene rings is 3. The molecule has 0 aliphatic rings. The van der Waals surface area contributed by atoms with Crippen LogP contribution < -0.4 is 10.0 Å². The summed E-state index contributed by atoms with van der Waals surface area (Å²) in [5.41, 5.74) is 2.05. The molecule has 32 heavy (non-hydrogen) atoms. The monoisotopic (exact) mass is 472 g/mol. The largest absolute Gasteiger partial charge is 0.462 e. The fraction of sp³-hybridized carbons (Fsp3) is 0.130. The fourth-order valence-corrected chi connectivity index (χ4v) is 4.50. The number of esters is 1. The molecule has 0 atom stereocenters. The van der Waals surface area contributed by atoms with E-state index in [1.807, 2.05) is 0 Å². The van der Waals surface area contributed by atoms with Crippen molar-refractivity contribution in [3.8, 4) is 0 Å². The first kappa shape index (κ1) is 23.3. The molecule has 3 rings (SSSR count). The Hall–Kier alpha value is -3.36. The molecule has 7 nitrogen and oxygen atoms in total. The van der Waals surface area contributed by atoms with Gasteiger partial charge in [-0.3, -0.25) is 9.52 Å². The predicted molar refractivity (Wildman–Crippen MR) is 124 cm³/mol. The summed E-state index contributed by atoms with van der Waals surface area (Å²) >= 11 is 6.13. The summed E-state index contributed by atoms with van der Waals surface area (Å²) in [6, 6.07) is 17.1. The highest BCUT2D eigenvalue weighted by atomic mass is 35.5. The molecular formula is C23H21ClN2O5S. The molecule has 0 aliphatic heterocycles. The zero-order valence-corrected chi connectivity index (χ0v) is 19.0. The SMILES string of the molecule is CCOC(=O)c1ccc(NC(=O)c2ccc(Cl)c(S(=O)(=O)Nc3ccccc3C)c2)cc1. The van der Waals surface area contributed by atoms with Crippen LogP contribution in [0.4, 0.5) is 11.4 Å². The summed E-state index contributed by atoms with van der Waals surface area (Å²) in [4.78, 5) is 24.2. The first-order valence-electron chi connectivity index (χ1n) is 9.68. The van der Waals surface area contributed by atoms with Gasteiger partial charge in [0.05, 0.1) is 22.9 Å². The van der Waals surface area contributed by atoms with Crippen molar-refractivity contribution in [1.29, 1.82) is 0 Å². The summed E-state index contributed by atoms with van der Waals surface area (Å²) < 4.78 is 33.2. The second-order valence-corrected chi connectivity index (χ2v) is 8.88. The highest BCUT2D eigenvalue weighted by molar-refractivity contribution is 7.92. The number of sulfonamides is 1. The summed E-state index contributed by atoms with van der Waals surface area (Å²) in [5.74, 6) is -0.989. The van der Waals surface area contributed by atoms with Crippen molar-refractivity contribution in [1.82, 2.24) is 0 Å². The minimum Gasteiger partial charge on any atom is -0.462 e. The maximum Gasteiger partial charge on any atom is 0.338 e. The molecule has 2 N–H and O–H groups in total. The summed E-state index contributed by atoms with van der Waals surface area (Å²) in [6.45, 7) is 3.75. The number of anilines is 2. The number of carbonyl (C=O) groups is 2. The number of hydrogen-bond donors (Lipinski definition) is 2. The minimum absolute atomic E-state index is 0.0126. The third kappa shape index (κ3) is 5.46. The molecule has 0 saturated carbocycles. The topological polar surface area (TPSA) is 102 Å². The predicted octanol–water partition coefficient (Wildman–Crippen LogP) is 4.88. The third-order valence-corrected chi connectivity index (χ3v) is 6.37. The Morgan fingerprint density at radius 2 is 1.62 bits per heavy atom. The van der Waals surface area contributed by atoms with Crippen molar-refractivity contribution < 1.29 is 22.7 Å². The van der Waals surface area contributed by atoms with Crippen molar-refractivity contribution in [3.63, 3.8) is 0 Å². The van der Waals surface area contributed by atoms with E-state index in [1.54, 1.807) is 50.2 Å². The van der Waals surface area contributed by atoms with E-state index < -0.39 is 21.9 Å². The van der Waals surface area contributed by atoms with Gasteiger partial charge in [-0.1, -0.05) is 29.8 Å². The van der Waals surface area contributed by atoms with Crippen LogP contribution in [0.1, 0.15) is 33.2 Å². The number of ether oxygens (including phenoxy) is 1. The standard InChI is InChI=1S/C23H21ClN2O5S/c1-3-31-23(28)16-8-11-18(12-9-16)25-22(27)17-10-13-19(24)21(14-17)32(29,30)26-20-7-5-4-6-15(20)2/h4-14,26H,3H2,1-2H3,(H,25,27). The van der Waals surface area contributed by atoms with Gasteiger partial charge < -0.3 is 10.1 Å². The van der Waals surface area contributed by atoms with Gasteiger partial charge in [0.15, 0.2) is 0 Å². The van der Waals surface area contributed by atoms with Crippen molar-refractivity contribution in [2.75, 3.05) is 16.6 Å². The van der Waals surface area contributed by atoms with Gasteiger partial charge in [-0.25, -0.2) is 13.2 Å². The molecule has 166 valence electrons. The Balaban J connectivity index is 1.81. The second kappa shape index (κ2) is 9.84. The van der Waals surface area contributed by atoms with Gasteiger partial charge in [-0.05, 0) is 67.9 Å². The van der Waals surface area contributed by atoms with E-state index in [9.17, 15) is 18.0 Å². The zero-order chi connectivity index (χ0) is 23.3. The Morgan fingerprint density at radius 1 is 0.969 bits per heavy atom. The fourth-order valence-electron chi connectivity index (χ4n) is 2.85. The molecule has 0 saturated heterocycles. The molecule has 0 aliphatic carbocycles. The lowest BCUT2D eigenvalue weighted by Crippen LogP contribution is -2.17. The molecule has 9 heteroatoms. The van der Waals surface area contributed by atoms with E-state index in [1.165, 1.54) is 30.3 Å². The zero-order valence-electron chi connectivity index (χ0n) is 17.4. The van der Waals surface area contributed by atoms with Crippen LogP contribution in [0.2, 0.25) is 5.02 Å². The quantitative estimate of drug-likeness (QED) is 0.477. The van der Waals surface area contributed by atoms with E-state index >= 15 is 0 Å². The molecule has 3 aromatic carbocycles. The Labute approximate surface area is 191 Å². The number of aryl methyl sites for hydroxylation is 1. The minimum atomic E-state index is -4.03.